The van der Waals surface area contributed by atoms with Crippen molar-refractivity contribution in [2.45, 2.75) is 18.5 Å². The molecule has 6 nitrogen and oxygen atoms in total. The number of fused-ring (bicyclic) bond motifs is 1. The van der Waals surface area contributed by atoms with Crippen molar-refractivity contribution >= 4 is 34.8 Å². The quantitative estimate of drug-likeness (QED) is 0.202. The minimum Gasteiger partial charge on any atom is -0.272 e. The van der Waals surface area contributed by atoms with Crippen LogP contribution in [0.15, 0.2) is 93.9 Å². The highest BCUT2D eigenvalue weighted by atomic mass is 32.2. The van der Waals surface area contributed by atoms with Gasteiger partial charge in [-0.3, -0.25) is 14.2 Å². The number of hydrogen-bond acceptors (Lipinski definition) is 5. The van der Waals surface area contributed by atoms with Crippen molar-refractivity contribution in [2.75, 3.05) is 5.75 Å². The van der Waals surface area contributed by atoms with Crippen LogP contribution in [0.4, 0.5) is 0 Å². The van der Waals surface area contributed by atoms with Gasteiger partial charge in [0.1, 0.15) is 0 Å². The van der Waals surface area contributed by atoms with Crippen LogP contribution in [0, 0.1) is 0 Å². The smallest absolute Gasteiger partial charge is 0.266 e. The first-order chi connectivity index (χ1) is 15.7. The highest BCUT2D eigenvalue weighted by molar-refractivity contribution is 7.99. The fourth-order valence-corrected chi connectivity index (χ4v) is 4.00. The number of carbonyl (C=O) groups is 1. The zero-order valence-corrected chi connectivity index (χ0v) is 18.4. The Labute approximate surface area is 190 Å². The van der Waals surface area contributed by atoms with Gasteiger partial charge in [0.25, 0.3) is 11.5 Å². The van der Waals surface area contributed by atoms with E-state index in [-0.39, 0.29) is 17.2 Å². The minimum atomic E-state index is -0.279. The highest BCUT2D eigenvalue weighted by Gasteiger charge is 2.14. The third kappa shape index (κ3) is 4.95. The summed E-state index contributed by atoms with van der Waals surface area (Å²) in [7, 11) is 0. The molecule has 0 saturated heterocycles. The molecule has 0 aliphatic carbocycles. The summed E-state index contributed by atoms with van der Waals surface area (Å²) in [5, 5.41) is 5.01. The van der Waals surface area contributed by atoms with E-state index < -0.39 is 0 Å². The van der Waals surface area contributed by atoms with Crippen molar-refractivity contribution in [3.05, 3.63) is 100 Å². The number of amides is 1. The lowest BCUT2D eigenvalue weighted by molar-refractivity contribution is -0.118. The molecular formula is C25H22N4O2S. The zero-order chi connectivity index (χ0) is 22.3. The molecule has 0 aliphatic heterocycles. The molecule has 1 aromatic heterocycles. The molecule has 3 aromatic carbocycles. The maximum absolute atomic E-state index is 13.2. The second kappa shape index (κ2) is 10.1. The normalized spacial score (nSPS) is 11.2. The van der Waals surface area contributed by atoms with Crippen LogP contribution in [0.3, 0.4) is 0 Å². The number of thioether (sulfide) groups is 1. The maximum Gasteiger partial charge on any atom is 0.266 e. The van der Waals surface area contributed by atoms with Crippen molar-refractivity contribution in [1.82, 2.24) is 15.0 Å². The third-order valence-electron chi connectivity index (χ3n) is 4.88. The van der Waals surface area contributed by atoms with E-state index in [0.29, 0.717) is 21.7 Å². The second-order valence-electron chi connectivity index (χ2n) is 7.06. The van der Waals surface area contributed by atoms with Gasteiger partial charge in [0.15, 0.2) is 5.16 Å². The molecule has 0 bridgehead atoms. The minimum absolute atomic E-state index is 0.0731. The van der Waals surface area contributed by atoms with Gasteiger partial charge < -0.3 is 0 Å². The summed E-state index contributed by atoms with van der Waals surface area (Å²) in [6, 6.07) is 24.5. The number of benzene rings is 3. The molecule has 0 atom stereocenters. The molecule has 1 N–H and O–H groups in total. The van der Waals surface area contributed by atoms with Gasteiger partial charge in [-0.15, -0.1) is 0 Å². The topological polar surface area (TPSA) is 76.3 Å². The zero-order valence-electron chi connectivity index (χ0n) is 17.6. The van der Waals surface area contributed by atoms with Gasteiger partial charge in [0, 0.05) is 0 Å². The third-order valence-corrected chi connectivity index (χ3v) is 5.82. The number of aromatic nitrogens is 2. The van der Waals surface area contributed by atoms with E-state index in [2.05, 4.69) is 22.4 Å². The molecule has 1 amide bonds. The highest BCUT2D eigenvalue weighted by Crippen LogP contribution is 2.21. The molecule has 0 fully saturated rings. The van der Waals surface area contributed by atoms with Gasteiger partial charge >= 0.3 is 0 Å². The lowest BCUT2D eigenvalue weighted by atomic mass is 10.1. The van der Waals surface area contributed by atoms with Gasteiger partial charge in [-0.25, -0.2) is 10.4 Å². The van der Waals surface area contributed by atoms with E-state index in [9.17, 15) is 9.59 Å². The molecular weight excluding hydrogens is 420 g/mol. The van der Waals surface area contributed by atoms with Crippen LogP contribution in [-0.4, -0.2) is 27.4 Å². The standard InChI is InChI=1S/C25H22N4O2S/c1-2-18-12-14-19(15-13-18)16-26-28-23(30)17-32-25-27-22-11-7-6-10-21(22)24(31)29(25)20-8-4-3-5-9-20/h3-16H,2,17H2,1H3,(H,28,30). The predicted molar refractivity (Wildman–Crippen MR) is 130 cm³/mol. The Morgan fingerprint density at radius 3 is 2.50 bits per heavy atom. The predicted octanol–water partition coefficient (Wildman–Crippen LogP) is 4.19. The Balaban J connectivity index is 1.51. The van der Waals surface area contributed by atoms with Crippen molar-refractivity contribution < 1.29 is 4.79 Å². The van der Waals surface area contributed by atoms with Crippen molar-refractivity contribution in [3.63, 3.8) is 0 Å². The van der Waals surface area contributed by atoms with Gasteiger partial charge in [-0.2, -0.15) is 5.10 Å². The Morgan fingerprint density at radius 2 is 1.75 bits per heavy atom. The summed E-state index contributed by atoms with van der Waals surface area (Å²) in [5.41, 5.74) is 5.82. The molecule has 0 spiro atoms. The Morgan fingerprint density at radius 1 is 1.03 bits per heavy atom. The number of hydrazone groups is 1. The molecule has 0 radical (unpaired) electrons. The van der Waals surface area contributed by atoms with Gasteiger partial charge in [-0.05, 0) is 41.8 Å². The number of nitrogens with zero attached hydrogens (tertiary/aromatic N) is 3. The molecule has 1 heterocycles. The molecule has 0 aliphatic rings. The molecule has 32 heavy (non-hydrogen) atoms. The van der Waals surface area contributed by atoms with E-state index in [1.54, 1.807) is 22.9 Å². The number of aryl methyl sites for hydroxylation is 1. The summed E-state index contributed by atoms with van der Waals surface area (Å²) in [4.78, 5) is 30.1. The van der Waals surface area contributed by atoms with Crippen molar-refractivity contribution in [3.8, 4) is 5.69 Å². The van der Waals surface area contributed by atoms with Crippen LogP contribution in [0.1, 0.15) is 18.1 Å². The molecule has 0 unspecified atom stereocenters. The van der Waals surface area contributed by atoms with Crippen LogP contribution in [0.5, 0.6) is 0 Å². The number of hydrogen-bond donors (Lipinski definition) is 1. The van der Waals surface area contributed by atoms with E-state index in [0.717, 1.165) is 12.0 Å². The number of nitrogens with one attached hydrogen (secondary N) is 1. The average Bonchev–Trinajstić information content (AvgIpc) is 2.84. The van der Waals surface area contributed by atoms with Gasteiger partial charge in [0.2, 0.25) is 0 Å². The van der Waals surface area contributed by atoms with E-state index in [1.165, 1.54) is 17.3 Å². The first-order valence-corrected chi connectivity index (χ1v) is 11.2. The first-order valence-electron chi connectivity index (χ1n) is 10.3. The Hall–Kier alpha value is -3.71. The summed E-state index contributed by atoms with van der Waals surface area (Å²) < 4.78 is 1.54. The summed E-state index contributed by atoms with van der Waals surface area (Å²) in [6.45, 7) is 2.10. The number of rotatable bonds is 7. The van der Waals surface area contributed by atoms with Crippen LogP contribution in [-0.2, 0) is 11.2 Å². The Bertz CT molecular complexity index is 1320. The molecule has 4 aromatic rings. The van der Waals surface area contributed by atoms with Gasteiger partial charge in [-0.1, -0.05) is 73.3 Å². The summed E-state index contributed by atoms with van der Waals surface area (Å²) in [6.07, 6.45) is 2.58. The molecule has 7 heteroatoms. The second-order valence-corrected chi connectivity index (χ2v) is 8.01. The maximum atomic E-state index is 13.2. The van der Waals surface area contributed by atoms with E-state index in [1.807, 2.05) is 66.7 Å². The molecule has 4 rings (SSSR count). The Kier molecular flexibility index (Phi) is 6.77. The molecule has 160 valence electrons. The fraction of sp³-hybridized carbons (Fsp3) is 0.120. The van der Waals surface area contributed by atoms with Crippen molar-refractivity contribution in [2.24, 2.45) is 5.10 Å². The fourth-order valence-electron chi connectivity index (χ4n) is 3.19. The number of para-hydroxylation sites is 2. The lowest BCUT2D eigenvalue weighted by Crippen LogP contribution is -2.24. The SMILES string of the molecule is CCc1ccc(C=NNC(=O)CSc2nc3ccccc3c(=O)n2-c2ccccc2)cc1. The van der Waals surface area contributed by atoms with E-state index >= 15 is 0 Å². The average molecular weight is 443 g/mol. The van der Waals surface area contributed by atoms with Gasteiger partial charge in [0.05, 0.1) is 28.6 Å². The van der Waals surface area contributed by atoms with Crippen LogP contribution >= 0.6 is 11.8 Å². The first kappa shape index (κ1) is 21.5. The summed E-state index contributed by atoms with van der Waals surface area (Å²) >= 11 is 1.20. The van der Waals surface area contributed by atoms with Crippen LogP contribution in [0.25, 0.3) is 16.6 Å². The monoisotopic (exact) mass is 442 g/mol. The van der Waals surface area contributed by atoms with E-state index in [4.69, 9.17) is 0 Å². The number of carbonyl (C=O) groups excluding carboxylic acids is 1. The van der Waals surface area contributed by atoms with Crippen LogP contribution in [0.2, 0.25) is 0 Å². The lowest BCUT2D eigenvalue weighted by Gasteiger charge is -2.12. The summed E-state index contributed by atoms with van der Waals surface area (Å²) in [5.74, 6) is -0.206. The van der Waals surface area contributed by atoms with Crippen LogP contribution < -0.4 is 11.0 Å². The molecule has 0 saturated carbocycles. The largest absolute Gasteiger partial charge is 0.272 e. The van der Waals surface area contributed by atoms with Crippen molar-refractivity contribution in [1.29, 1.82) is 0 Å².